The minimum Gasteiger partial charge on any atom is -0.313 e. The van der Waals surface area contributed by atoms with Crippen molar-refractivity contribution in [1.82, 2.24) is 0 Å². The van der Waals surface area contributed by atoms with Gasteiger partial charge in [0, 0.05) is 10.8 Å². The van der Waals surface area contributed by atoms with E-state index in [9.17, 15) is 4.79 Å². The van der Waals surface area contributed by atoms with Gasteiger partial charge in [-0.15, -0.1) is 0 Å². The van der Waals surface area contributed by atoms with Gasteiger partial charge >= 0.3 is 5.97 Å². The van der Waals surface area contributed by atoms with Gasteiger partial charge in [-0.25, -0.2) is 4.79 Å². The molecule has 0 heterocycles. The molecule has 3 heteroatoms. The second kappa shape index (κ2) is 5.44. The summed E-state index contributed by atoms with van der Waals surface area (Å²) in [5.41, 5.74) is 3.02. The number of carbonyl (C=O) groups is 1. The van der Waals surface area contributed by atoms with Crippen molar-refractivity contribution in [2.45, 2.75) is 66.2 Å². The van der Waals surface area contributed by atoms with E-state index in [1.54, 1.807) is 0 Å². The predicted molar refractivity (Wildman–Crippen MR) is 97.2 cm³/mol. The van der Waals surface area contributed by atoms with Crippen LogP contribution in [0.2, 0.25) is 0 Å². The first-order chi connectivity index (χ1) is 11.0. The van der Waals surface area contributed by atoms with E-state index in [4.69, 9.17) is 4.84 Å². The Morgan fingerprint density at radius 3 is 2.29 bits per heavy atom. The van der Waals surface area contributed by atoms with E-state index >= 15 is 0 Å². The van der Waals surface area contributed by atoms with Gasteiger partial charge < -0.3 is 4.84 Å². The standard InChI is InChI=1S/C21H29NO2/c1-19(2,3)15-9-7-14(8-10-15)17(23)24-22-18-20(4,5)16-11-12-21(18,6)13-16/h7-10,16H,11-13H2,1-6H3/b22-18-/t16-,21+/m0/s1. The lowest BCUT2D eigenvalue weighted by molar-refractivity contribution is 0.0506. The summed E-state index contributed by atoms with van der Waals surface area (Å²) in [5, 5.41) is 4.35. The molecule has 2 bridgehead atoms. The number of fused-ring (bicyclic) bond motifs is 2. The summed E-state index contributed by atoms with van der Waals surface area (Å²) >= 11 is 0. The Kier molecular flexibility index (Phi) is 3.89. The summed E-state index contributed by atoms with van der Waals surface area (Å²) in [4.78, 5) is 17.7. The second-order valence-electron chi connectivity index (χ2n) is 9.37. The number of carbonyl (C=O) groups excluding carboxylic acids is 1. The van der Waals surface area contributed by atoms with Crippen molar-refractivity contribution in [2.75, 3.05) is 0 Å². The Bertz CT molecular complexity index is 672. The Morgan fingerprint density at radius 1 is 1.17 bits per heavy atom. The van der Waals surface area contributed by atoms with Crippen LogP contribution in [0.4, 0.5) is 0 Å². The first kappa shape index (κ1) is 17.2. The SMILES string of the molecule is CC(C)(C)c1ccc(C(=O)O/N=C2/C(C)(C)[C@H]3CC[C@]2(C)C3)cc1. The Balaban J connectivity index is 1.76. The molecule has 1 aromatic carbocycles. The van der Waals surface area contributed by atoms with Gasteiger partial charge in [0.15, 0.2) is 0 Å². The van der Waals surface area contributed by atoms with Gasteiger partial charge in [0.1, 0.15) is 0 Å². The molecule has 24 heavy (non-hydrogen) atoms. The maximum Gasteiger partial charge on any atom is 0.365 e. The maximum absolute atomic E-state index is 12.4. The van der Waals surface area contributed by atoms with E-state index in [-0.39, 0.29) is 22.2 Å². The highest BCUT2D eigenvalue weighted by atomic mass is 16.7. The zero-order valence-electron chi connectivity index (χ0n) is 15.8. The van der Waals surface area contributed by atoms with Crippen LogP contribution in [-0.2, 0) is 10.3 Å². The van der Waals surface area contributed by atoms with Gasteiger partial charge in [0.2, 0.25) is 0 Å². The zero-order valence-corrected chi connectivity index (χ0v) is 15.8. The largest absolute Gasteiger partial charge is 0.365 e. The maximum atomic E-state index is 12.4. The first-order valence-electron chi connectivity index (χ1n) is 8.95. The fraction of sp³-hybridized carbons (Fsp3) is 0.619. The van der Waals surface area contributed by atoms with E-state index in [2.05, 4.69) is 46.7 Å². The molecule has 2 saturated carbocycles. The molecule has 0 radical (unpaired) electrons. The molecule has 0 N–H and O–H groups in total. The molecule has 0 aliphatic heterocycles. The highest BCUT2D eigenvalue weighted by Gasteiger charge is 2.57. The Hall–Kier alpha value is -1.64. The smallest absolute Gasteiger partial charge is 0.313 e. The van der Waals surface area contributed by atoms with Crippen LogP contribution in [-0.4, -0.2) is 11.7 Å². The molecule has 2 aliphatic rings. The Morgan fingerprint density at radius 2 is 1.79 bits per heavy atom. The molecule has 0 amide bonds. The summed E-state index contributed by atoms with van der Waals surface area (Å²) in [5.74, 6) is 0.288. The molecule has 0 saturated heterocycles. The van der Waals surface area contributed by atoms with Crippen LogP contribution in [0, 0.1) is 16.7 Å². The molecule has 0 spiro atoms. The summed E-state index contributed by atoms with van der Waals surface area (Å²) < 4.78 is 0. The van der Waals surface area contributed by atoms with Crippen LogP contribution in [0.5, 0.6) is 0 Å². The van der Waals surface area contributed by atoms with Gasteiger partial charge in [0.05, 0.1) is 11.3 Å². The summed E-state index contributed by atoms with van der Waals surface area (Å²) in [7, 11) is 0. The predicted octanol–water partition coefficient (Wildman–Crippen LogP) is 5.34. The number of rotatable bonds is 2. The van der Waals surface area contributed by atoms with Gasteiger partial charge in [-0.05, 0) is 48.3 Å². The van der Waals surface area contributed by atoms with Gasteiger partial charge in [-0.3, -0.25) is 0 Å². The van der Waals surface area contributed by atoms with Crippen molar-refractivity contribution in [2.24, 2.45) is 21.9 Å². The van der Waals surface area contributed by atoms with Gasteiger partial charge in [0.25, 0.3) is 0 Å². The third kappa shape index (κ3) is 2.78. The van der Waals surface area contributed by atoms with Crippen molar-refractivity contribution >= 4 is 11.7 Å². The second-order valence-corrected chi connectivity index (χ2v) is 9.37. The van der Waals surface area contributed by atoms with Crippen LogP contribution < -0.4 is 0 Å². The number of hydrogen-bond donors (Lipinski definition) is 0. The quantitative estimate of drug-likeness (QED) is 0.543. The molecule has 2 aliphatic carbocycles. The minimum absolute atomic E-state index is 0.0311. The number of oxime groups is 1. The van der Waals surface area contributed by atoms with Gasteiger partial charge in [-0.1, -0.05) is 58.8 Å². The average molecular weight is 327 g/mol. The third-order valence-corrected chi connectivity index (χ3v) is 6.15. The monoisotopic (exact) mass is 327 g/mol. The van der Waals surface area contributed by atoms with Crippen LogP contribution in [0.25, 0.3) is 0 Å². The third-order valence-electron chi connectivity index (χ3n) is 6.15. The van der Waals surface area contributed by atoms with E-state index in [1.165, 1.54) is 12.0 Å². The lowest BCUT2D eigenvalue weighted by Crippen LogP contribution is -2.36. The van der Waals surface area contributed by atoms with Crippen molar-refractivity contribution < 1.29 is 9.63 Å². The van der Waals surface area contributed by atoms with Crippen molar-refractivity contribution in [3.05, 3.63) is 35.4 Å². The fourth-order valence-corrected chi connectivity index (χ4v) is 4.52. The molecule has 1 aromatic rings. The molecule has 2 atom stereocenters. The lowest BCUT2D eigenvalue weighted by atomic mass is 9.71. The van der Waals surface area contributed by atoms with Gasteiger partial charge in [-0.2, -0.15) is 0 Å². The summed E-state index contributed by atoms with van der Waals surface area (Å²) in [6.07, 6.45) is 3.57. The molecule has 0 aromatic heterocycles. The van der Waals surface area contributed by atoms with Crippen LogP contribution in [0.15, 0.2) is 29.4 Å². The fourth-order valence-electron chi connectivity index (χ4n) is 4.52. The van der Waals surface area contributed by atoms with Crippen molar-refractivity contribution in [1.29, 1.82) is 0 Å². The van der Waals surface area contributed by atoms with E-state index in [0.29, 0.717) is 11.5 Å². The molecule has 0 unspecified atom stereocenters. The minimum atomic E-state index is -0.370. The summed E-state index contributed by atoms with van der Waals surface area (Å²) in [6, 6.07) is 7.65. The number of hydrogen-bond acceptors (Lipinski definition) is 3. The van der Waals surface area contributed by atoms with Crippen LogP contribution in [0.3, 0.4) is 0 Å². The van der Waals surface area contributed by atoms with E-state index in [0.717, 1.165) is 18.6 Å². The van der Waals surface area contributed by atoms with Crippen molar-refractivity contribution in [3.8, 4) is 0 Å². The van der Waals surface area contributed by atoms with E-state index in [1.807, 2.05) is 24.3 Å². The number of benzene rings is 1. The topological polar surface area (TPSA) is 38.7 Å². The molecular weight excluding hydrogens is 298 g/mol. The molecule has 2 fully saturated rings. The zero-order chi connectivity index (χ0) is 17.8. The molecular formula is C21H29NO2. The normalized spacial score (nSPS) is 29.9. The highest BCUT2D eigenvalue weighted by Crippen LogP contribution is 2.60. The van der Waals surface area contributed by atoms with Crippen molar-refractivity contribution in [3.63, 3.8) is 0 Å². The highest BCUT2D eigenvalue weighted by molar-refractivity contribution is 5.98. The molecule has 3 rings (SSSR count). The van der Waals surface area contributed by atoms with E-state index < -0.39 is 0 Å². The van der Waals surface area contributed by atoms with Crippen LogP contribution >= 0.6 is 0 Å². The first-order valence-corrected chi connectivity index (χ1v) is 8.95. The number of nitrogens with zero attached hydrogens (tertiary/aromatic N) is 1. The Labute approximate surface area is 145 Å². The molecule has 130 valence electrons. The van der Waals surface area contributed by atoms with Crippen LogP contribution in [0.1, 0.15) is 76.7 Å². The average Bonchev–Trinajstić information content (AvgIpc) is 2.97. The molecule has 3 nitrogen and oxygen atoms in total. The summed E-state index contributed by atoms with van der Waals surface area (Å²) in [6.45, 7) is 13.2. The lowest BCUT2D eigenvalue weighted by Gasteiger charge is -2.34.